The molecule has 6 nitrogen and oxygen atoms in total. The molecule has 0 aromatic carbocycles. The Balaban J connectivity index is 2.53. The van der Waals surface area contributed by atoms with Crippen molar-refractivity contribution in [3.8, 4) is 11.5 Å². The highest BCUT2D eigenvalue weighted by Gasteiger charge is 2.20. The second-order valence-corrected chi connectivity index (χ2v) is 3.76. The van der Waals surface area contributed by atoms with Crippen molar-refractivity contribution in [2.75, 3.05) is 0 Å². The van der Waals surface area contributed by atoms with Crippen LogP contribution in [-0.2, 0) is 13.5 Å². The summed E-state index contributed by atoms with van der Waals surface area (Å²) < 4.78 is 6.92. The van der Waals surface area contributed by atoms with Crippen LogP contribution in [0.25, 0.3) is 11.5 Å². The van der Waals surface area contributed by atoms with Crippen molar-refractivity contribution < 1.29 is 14.3 Å². The second-order valence-electron chi connectivity index (χ2n) is 3.76. The van der Waals surface area contributed by atoms with Crippen LogP contribution in [0.2, 0.25) is 0 Å². The SMILES string of the molecule is CCc1nc(-c2cn(C)nc2C)oc1C(=O)O. The molecular formula is C11H13N3O3. The van der Waals surface area contributed by atoms with Gasteiger partial charge in [-0.25, -0.2) is 9.78 Å². The van der Waals surface area contributed by atoms with Crippen LogP contribution >= 0.6 is 0 Å². The fraction of sp³-hybridized carbons (Fsp3) is 0.364. The van der Waals surface area contributed by atoms with E-state index >= 15 is 0 Å². The highest BCUT2D eigenvalue weighted by Crippen LogP contribution is 2.24. The summed E-state index contributed by atoms with van der Waals surface area (Å²) in [5, 5.41) is 13.1. The molecule has 6 heteroatoms. The van der Waals surface area contributed by atoms with E-state index < -0.39 is 5.97 Å². The van der Waals surface area contributed by atoms with Crippen molar-refractivity contribution >= 4 is 5.97 Å². The summed E-state index contributed by atoms with van der Waals surface area (Å²) in [6, 6.07) is 0. The maximum atomic E-state index is 11.0. The molecule has 0 amide bonds. The third-order valence-electron chi connectivity index (χ3n) is 2.47. The molecule has 0 aliphatic carbocycles. The van der Waals surface area contributed by atoms with E-state index in [4.69, 9.17) is 9.52 Å². The van der Waals surface area contributed by atoms with E-state index in [1.54, 1.807) is 17.9 Å². The lowest BCUT2D eigenvalue weighted by Gasteiger charge is -1.89. The first-order valence-corrected chi connectivity index (χ1v) is 5.26. The fourth-order valence-corrected chi connectivity index (χ4v) is 1.68. The predicted molar refractivity (Wildman–Crippen MR) is 59.8 cm³/mol. The van der Waals surface area contributed by atoms with Crippen molar-refractivity contribution in [1.82, 2.24) is 14.8 Å². The van der Waals surface area contributed by atoms with Gasteiger partial charge in [0.25, 0.3) is 0 Å². The molecule has 2 heterocycles. The first-order chi connectivity index (χ1) is 8.02. The molecule has 0 aliphatic heterocycles. The molecular weight excluding hydrogens is 222 g/mol. The van der Waals surface area contributed by atoms with Gasteiger partial charge in [-0.3, -0.25) is 4.68 Å². The van der Waals surface area contributed by atoms with Crippen LogP contribution in [0.4, 0.5) is 0 Å². The lowest BCUT2D eigenvalue weighted by Crippen LogP contribution is -1.98. The maximum absolute atomic E-state index is 11.0. The summed E-state index contributed by atoms with van der Waals surface area (Å²) in [4.78, 5) is 15.2. The van der Waals surface area contributed by atoms with Gasteiger partial charge < -0.3 is 9.52 Å². The predicted octanol–water partition coefficient (Wildman–Crippen LogP) is 1.64. The number of aromatic carboxylic acids is 1. The van der Waals surface area contributed by atoms with Crippen molar-refractivity contribution in [3.63, 3.8) is 0 Å². The molecule has 0 saturated carbocycles. The Morgan fingerprint density at radius 3 is 2.71 bits per heavy atom. The molecule has 0 saturated heterocycles. The summed E-state index contributed by atoms with van der Waals surface area (Å²) in [6.07, 6.45) is 2.27. The average molecular weight is 235 g/mol. The van der Waals surface area contributed by atoms with Crippen LogP contribution in [0.3, 0.4) is 0 Å². The van der Waals surface area contributed by atoms with Crippen molar-refractivity contribution in [2.45, 2.75) is 20.3 Å². The van der Waals surface area contributed by atoms with E-state index in [1.165, 1.54) is 0 Å². The molecule has 0 radical (unpaired) electrons. The number of rotatable bonds is 3. The van der Waals surface area contributed by atoms with Gasteiger partial charge in [-0.15, -0.1) is 0 Å². The minimum atomic E-state index is -1.10. The third kappa shape index (κ3) is 1.93. The van der Waals surface area contributed by atoms with Gasteiger partial charge in [0, 0.05) is 13.2 Å². The molecule has 0 fully saturated rings. The van der Waals surface area contributed by atoms with E-state index in [9.17, 15) is 4.79 Å². The summed E-state index contributed by atoms with van der Waals surface area (Å²) in [6.45, 7) is 3.66. The number of aromatic nitrogens is 3. The number of carbonyl (C=O) groups is 1. The zero-order valence-corrected chi connectivity index (χ0v) is 9.89. The van der Waals surface area contributed by atoms with Gasteiger partial charge >= 0.3 is 5.97 Å². The largest absolute Gasteiger partial charge is 0.475 e. The molecule has 0 unspecified atom stereocenters. The van der Waals surface area contributed by atoms with Gasteiger partial charge in [0.15, 0.2) is 0 Å². The van der Waals surface area contributed by atoms with Crippen LogP contribution in [-0.4, -0.2) is 25.8 Å². The van der Waals surface area contributed by atoms with Crippen molar-refractivity contribution in [1.29, 1.82) is 0 Å². The van der Waals surface area contributed by atoms with E-state index in [1.807, 2.05) is 13.8 Å². The second kappa shape index (κ2) is 4.04. The zero-order chi connectivity index (χ0) is 12.6. The molecule has 1 N–H and O–H groups in total. The molecule has 2 rings (SSSR count). The lowest BCUT2D eigenvalue weighted by molar-refractivity contribution is 0.0662. The minimum absolute atomic E-state index is 0.0919. The molecule has 0 atom stereocenters. The molecule has 17 heavy (non-hydrogen) atoms. The fourth-order valence-electron chi connectivity index (χ4n) is 1.68. The van der Waals surface area contributed by atoms with Gasteiger partial charge in [-0.1, -0.05) is 6.92 Å². The highest BCUT2D eigenvalue weighted by atomic mass is 16.4. The molecule has 0 spiro atoms. The summed E-state index contributed by atoms with van der Waals surface area (Å²) in [7, 11) is 1.79. The molecule has 0 aliphatic rings. The van der Waals surface area contributed by atoms with Gasteiger partial charge in [0.1, 0.15) is 0 Å². The van der Waals surface area contributed by atoms with Crippen LogP contribution in [0.5, 0.6) is 0 Å². The average Bonchev–Trinajstić information content (AvgIpc) is 2.81. The Bertz CT molecular complexity index is 569. The highest BCUT2D eigenvalue weighted by molar-refractivity contribution is 5.86. The Kier molecular flexibility index (Phi) is 2.71. The zero-order valence-electron chi connectivity index (χ0n) is 9.89. The standard InChI is InChI=1S/C11H13N3O3/c1-4-8-9(11(15)16)17-10(12-8)7-5-14(3)13-6(7)2/h5H,4H2,1-3H3,(H,15,16). The Morgan fingerprint density at radius 2 is 2.29 bits per heavy atom. The molecule has 0 bridgehead atoms. The Hall–Kier alpha value is -2.11. The number of carboxylic acids is 1. The first-order valence-electron chi connectivity index (χ1n) is 5.26. The third-order valence-corrected chi connectivity index (χ3v) is 2.47. The number of oxazole rings is 1. The maximum Gasteiger partial charge on any atom is 0.373 e. The van der Waals surface area contributed by atoms with Crippen LogP contribution in [0.15, 0.2) is 10.6 Å². The topological polar surface area (TPSA) is 81.2 Å². The summed E-state index contributed by atoms with van der Waals surface area (Å²) >= 11 is 0. The lowest BCUT2D eigenvalue weighted by atomic mass is 10.2. The molecule has 90 valence electrons. The number of aryl methyl sites for hydroxylation is 3. The minimum Gasteiger partial charge on any atom is -0.475 e. The monoisotopic (exact) mass is 235 g/mol. The van der Waals surface area contributed by atoms with E-state index in [0.717, 1.165) is 11.3 Å². The quantitative estimate of drug-likeness (QED) is 0.874. The Morgan fingerprint density at radius 1 is 1.59 bits per heavy atom. The van der Waals surface area contributed by atoms with Gasteiger partial charge in [0.2, 0.25) is 11.7 Å². The van der Waals surface area contributed by atoms with Gasteiger partial charge in [-0.05, 0) is 13.3 Å². The number of carboxylic acid groups (broad SMARTS) is 1. The molecule has 2 aromatic heterocycles. The number of nitrogens with zero attached hydrogens (tertiary/aromatic N) is 3. The molecule has 2 aromatic rings. The summed E-state index contributed by atoms with van der Waals surface area (Å²) in [5.41, 5.74) is 1.93. The van der Waals surface area contributed by atoms with Crippen LogP contribution in [0, 0.1) is 6.92 Å². The van der Waals surface area contributed by atoms with Gasteiger partial charge in [-0.2, -0.15) is 5.10 Å². The first kappa shape index (κ1) is 11.4. The number of hydrogen-bond acceptors (Lipinski definition) is 4. The number of hydrogen-bond donors (Lipinski definition) is 1. The van der Waals surface area contributed by atoms with Crippen molar-refractivity contribution in [2.24, 2.45) is 7.05 Å². The van der Waals surface area contributed by atoms with Crippen molar-refractivity contribution in [3.05, 3.63) is 23.3 Å². The van der Waals surface area contributed by atoms with Crippen LogP contribution < -0.4 is 0 Å². The smallest absolute Gasteiger partial charge is 0.373 e. The van der Waals surface area contributed by atoms with Gasteiger partial charge in [0.05, 0.1) is 17.0 Å². The normalized spacial score (nSPS) is 10.8. The van der Waals surface area contributed by atoms with Crippen LogP contribution in [0.1, 0.15) is 28.9 Å². The van der Waals surface area contributed by atoms with E-state index in [2.05, 4.69) is 10.1 Å². The summed E-state index contributed by atoms with van der Waals surface area (Å²) in [5.74, 6) is -0.877. The van der Waals surface area contributed by atoms with E-state index in [-0.39, 0.29) is 5.76 Å². The van der Waals surface area contributed by atoms with E-state index in [0.29, 0.717) is 18.0 Å². The Labute approximate surface area is 97.9 Å².